The summed E-state index contributed by atoms with van der Waals surface area (Å²) < 4.78 is 1.68. The fraction of sp³-hybridized carbons (Fsp3) is 0.200. The molecule has 0 aliphatic carbocycles. The fourth-order valence-corrected chi connectivity index (χ4v) is 3.52. The second kappa shape index (κ2) is 9.52. The van der Waals surface area contributed by atoms with E-state index in [0.29, 0.717) is 21.5 Å². The molecule has 0 radical (unpaired) electrons. The maximum atomic E-state index is 11.4. The summed E-state index contributed by atoms with van der Waals surface area (Å²) in [6.45, 7) is 2.06. The number of benzene rings is 2. The average molecular weight is 415 g/mol. The summed E-state index contributed by atoms with van der Waals surface area (Å²) in [5, 5.41) is 23.7. The summed E-state index contributed by atoms with van der Waals surface area (Å²) in [5.74, 6) is 0.449. The van der Waals surface area contributed by atoms with Crippen LogP contribution in [0.4, 0.5) is 0 Å². The zero-order valence-corrected chi connectivity index (χ0v) is 16.8. The molecular formula is C20H19ClN4O2S. The van der Waals surface area contributed by atoms with Gasteiger partial charge in [-0.05, 0) is 30.2 Å². The molecule has 3 rings (SSSR count). The molecule has 0 spiro atoms. The molecule has 1 heterocycles. The van der Waals surface area contributed by atoms with Gasteiger partial charge >= 0.3 is 5.97 Å². The molecule has 8 heteroatoms. The van der Waals surface area contributed by atoms with Crippen LogP contribution in [0.15, 0.2) is 58.8 Å². The molecule has 0 fully saturated rings. The number of halogens is 1. The molecule has 0 aliphatic heterocycles. The van der Waals surface area contributed by atoms with Crippen LogP contribution in [0.5, 0.6) is 0 Å². The van der Waals surface area contributed by atoms with Crippen LogP contribution in [-0.4, -0.2) is 32.2 Å². The molecule has 3 aromatic rings. The van der Waals surface area contributed by atoms with Gasteiger partial charge in [0, 0.05) is 22.8 Å². The van der Waals surface area contributed by atoms with Crippen molar-refractivity contribution >= 4 is 35.5 Å². The monoisotopic (exact) mass is 414 g/mol. The third-order valence-electron chi connectivity index (χ3n) is 3.93. The van der Waals surface area contributed by atoms with E-state index in [1.54, 1.807) is 35.2 Å². The minimum Gasteiger partial charge on any atom is -0.478 e. The summed E-state index contributed by atoms with van der Waals surface area (Å²) in [5.41, 5.74) is 1.84. The Kier molecular flexibility index (Phi) is 6.84. The molecule has 28 heavy (non-hydrogen) atoms. The summed E-state index contributed by atoms with van der Waals surface area (Å²) in [6.07, 6.45) is 3.17. The molecule has 6 nitrogen and oxygen atoms in total. The van der Waals surface area contributed by atoms with Gasteiger partial charge in [-0.15, -0.1) is 10.2 Å². The SMILES string of the molecule is CCCc1nnc(SCc2ccc(Cl)cc2)n1/N=C/c1ccccc1C(=O)O. The van der Waals surface area contributed by atoms with Crippen molar-refractivity contribution in [3.8, 4) is 0 Å². The predicted molar refractivity (Wildman–Crippen MR) is 111 cm³/mol. The number of carboxylic acid groups (broad SMARTS) is 1. The first kappa shape index (κ1) is 20.1. The van der Waals surface area contributed by atoms with Gasteiger partial charge < -0.3 is 5.11 Å². The molecular weight excluding hydrogens is 396 g/mol. The summed E-state index contributed by atoms with van der Waals surface area (Å²) in [6, 6.07) is 14.4. The number of thioether (sulfide) groups is 1. The number of nitrogens with zero attached hydrogens (tertiary/aromatic N) is 4. The predicted octanol–water partition coefficient (Wildman–Crippen LogP) is 4.76. The van der Waals surface area contributed by atoms with Crippen LogP contribution < -0.4 is 0 Å². The molecule has 0 bridgehead atoms. The quantitative estimate of drug-likeness (QED) is 0.424. The standard InChI is InChI=1S/C20H19ClN4O2S/c1-2-5-18-23-24-20(28-13-14-8-10-16(21)11-9-14)25(18)22-12-15-6-3-4-7-17(15)19(26)27/h3-4,6-12H,2,5,13H2,1H3,(H,26,27)/b22-12+. The number of hydrogen-bond acceptors (Lipinski definition) is 5. The highest BCUT2D eigenvalue weighted by molar-refractivity contribution is 7.98. The summed E-state index contributed by atoms with van der Waals surface area (Å²) >= 11 is 7.45. The van der Waals surface area contributed by atoms with Crippen molar-refractivity contribution in [1.82, 2.24) is 14.9 Å². The van der Waals surface area contributed by atoms with Crippen molar-refractivity contribution in [1.29, 1.82) is 0 Å². The van der Waals surface area contributed by atoms with Gasteiger partial charge in [-0.25, -0.2) is 4.79 Å². The summed E-state index contributed by atoms with van der Waals surface area (Å²) in [7, 11) is 0. The largest absolute Gasteiger partial charge is 0.478 e. The Bertz CT molecular complexity index is 986. The van der Waals surface area contributed by atoms with Gasteiger partial charge in [0.2, 0.25) is 5.16 Å². The Morgan fingerprint density at radius 3 is 2.68 bits per heavy atom. The van der Waals surface area contributed by atoms with E-state index < -0.39 is 5.97 Å². The number of carbonyl (C=O) groups is 1. The first-order valence-corrected chi connectivity index (χ1v) is 10.1. The van der Waals surface area contributed by atoms with Gasteiger partial charge in [0.1, 0.15) is 0 Å². The second-order valence-electron chi connectivity index (χ2n) is 6.01. The lowest BCUT2D eigenvalue weighted by molar-refractivity contribution is 0.0696. The fourth-order valence-electron chi connectivity index (χ4n) is 2.53. The number of hydrogen-bond donors (Lipinski definition) is 1. The average Bonchev–Trinajstić information content (AvgIpc) is 3.08. The summed E-state index contributed by atoms with van der Waals surface area (Å²) in [4.78, 5) is 11.4. The Morgan fingerprint density at radius 2 is 1.96 bits per heavy atom. The molecule has 0 aliphatic rings. The van der Waals surface area contributed by atoms with Crippen molar-refractivity contribution in [2.75, 3.05) is 0 Å². The molecule has 0 saturated carbocycles. The minimum atomic E-state index is -0.989. The number of rotatable bonds is 8. The second-order valence-corrected chi connectivity index (χ2v) is 7.39. The molecule has 144 valence electrons. The lowest BCUT2D eigenvalue weighted by Gasteiger charge is -2.05. The maximum absolute atomic E-state index is 11.4. The van der Waals surface area contributed by atoms with Crippen LogP contribution in [-0.2, 0) is 12.2 Å². The first-order chi connectivity index (χ1) is 13.6. The molecule has 0 atom stereocenters. The lowest BCUT2D eigenvalue weighted by Crippen LogP contribution is -2.04. The number of aromatic carboxylic acids is 1. The highest BCUT2D eigenvalue weighted by Gasteiger charge is 2.13. The van der Waals surface area contributed by atoms with Crippen LogP contribution in [0, 0.1) is 0 Å². The highest BCUT2D eigenvalue weighted by atomic mass is 35.5. The van der Waals surface area contributed by atoms with Crippen molar-refractivity contribution < 1.29 is 9.90 Å². The van der Waals surface area contributed by atoms with Gasteiger partial charge in [0.25, 0.3) is 0 Å². The Hall–Kier alpha value is -2.64. The smallest absolute Gasteiger partial charge is 0.336 e. The van der Waals surface area contributed by atoms with Crippen molar-refractivity contribution in [2.24, 2.45) is 5.10 Å². The van der Waals surface area contributed by atoms with Crippen LogP contribution in [0.2, 0.25) is 5.02 Å². The van der Waals surface area contributed by atoms with Crippen LogP contribution in [0.25, 0.3) is 0 Å². The molecule has 1 aromatic heterocycles. The highest BCUT2D eigenvalue weighted by Crippen LogP contribution is 2.23. The van der Waals surface area contributed by atoms with Crippen LogP contribution in [0.3, 0.4) is 0 Å². The number of carboxylic acids is 1. The third-order valence-corrected chi connectivity index (χ3v) is 5.18. The van der Waals surface area contributed by atoms with E-state index in [-0.39, 0.29) is 5.56 Å². The minimum absolute atomic E-state index is 0.201. The van der Waals surface area contributed by atoms with Crippen molar-refractivity contribution in [2.45, 2.75) is 30.7 Å². The van der Waals surface area contributed by atoms with E-state index in [4.69, 9.17) is 11.6 Å². The van der Waals surface area contributed by atoms with Crippen LogP contribution in [0.1, 0.15) is 40.7 Å². The van der Waals surface area contributed by atoms with Gasteiger partial charge in [-0.1, -0.05) is 60.6 Å². The number of aryl methyl sites for hydroxylation is 1. The zero-order valence-electron chi connectivity index (χ0n) is 15.2. The van der Waals surface area contributed by atoms with Gasteiger partial charge in [-0.2, -0.15) is 9.78 Å². The van der Waals surface area contributed by atoms with Gasteiger partial charge in [0.05, 0.1) is 11.8 Å². The van der Waals surface area contributed by atoms with Crippen LogP contribution >= 0.6 is 23.4 Å². The molecule has 0 unspecified atom stereocenters. The Labute approximate surface area is 172 Å². The van der Waals surface area contributed by atoms with Gasteiger partial charge in [0.15, 0.2) is 5.82 Å². The lowest BCUT2D eigenvalue weighted by atomic mass is 10.1. The van der Waals surface area contributed by atoms with E-state index in [9.17, 15) is 9.90 Å². The molecule has 0 amide bonds. The third kappa shape index (κ3) is 4.99. The van der Waals surface area contributed by atoms with Gasteiger partial charge in [-0.3, -0.25) is 0 Å². The molecule has 2 aromatic carbocycles. The maximum Gasteiger partial charge on any atom is 0.336 e. The Morgan fingerprint density at radius 1 is 1.21 bits per heavy atom. The zero-order chi connectivity index (χ0) is 19.9. The van der Waals surface area contributed by atoms with E-state index in [0.717, 1.165) is 24.2 Å². The number of aromatic nitrogens is 3. The van der Waals surface area contributed by atoms with E-state index in [2.05, 4.69) is 22.2 Å². The van der Waals surface area contributed by atoms with Crippen molar-refractivity contribution in [3.63, 3.8) is 0 Å². The molecule has 0 saturated heterocycles. The van der Waals surface area contributed by atoms with E-state index >= 15 is 0 Å². The first-order valence-electron chi connectivity index (χ1n) is 8.76. The molecule has 1 N–H and O–H groups in total. The Balaban J connectivity index is 1.85. The normalized spacial score (nSPS) is 11.2. The topological polar surface area (TPSA) is 80.4 Å². The van der Waals surface area contributed by atoms with E-state index in [1.807, 2.05) is 24.3 Å². The van der Waals surface area contributed by atoms with E-state index in [1.165, 1.54) is 11.8 Å². The van der Waals surface area contributed by atoms with Crippen molar-refractivity contribution in [3.05, 3.63) is 76.1 Å².